The Balaban J connectivity index is 0.000000156. The smallest absolute Gasteiger partial charge is 0.264 e. The van der Waals surface area contributed by atoms with Gasteiger partial charge in [-0.1, -0.05) is 136 Å². The van der Waals surface area contributed by atoms with Gasteiger partial charge in [-0.05, 0) is 215 Å². The molecule has 1 atom stereocenters. The molecule has 133 heavy (non-hydrogen) atoms. The van der Waals surface area contributed by atoms with Crippen LogP contribution in [0.1, 0.15) is 174 Å². The van der Waals surface area contributed by atoms with E-state index >= 15 is 0 Å². The van der Waals surface area contributed by atoms with E-state index in [1.807, 2.05) is 189 Å². The van der Waals surface area contributed by atoms with Crippen LogP contribution >= 0.6 is 0 Å². The van der Waals surface area contributed by atoms with Gasteiger partial charge in [-0.3, -0.25) is 23.4 Å². The van der Waals surface area contributed by atoms with E-state index in [1.165, 1.54) is 70.5 Å². The van der Waals surface area contributed by atoms with Gasteiger partial charge in [-0.15, -0.1) is 0 Å². The number of hydrogen-bond acceptors (Lipinski definition) is 24. The molecule has 0 radical (unpaired) electrons. The summed E-state index contributed by atoms with van der Waals surface area (Å²) in [5.41, 5.74) is 20.0. The van der Waals surface area contributed by atoms with E-state index in [0.29, 0.717) is 137 Å². The van der Waals surface area contributed by atoms with Crippen LogP contribution in [0.5, 0.6) is 17.2 Å². The van der Waals surface area contributed by atoms with Crippen molar-refractivity contribution in [2.45, 2.75) is 192 Å². The van der Waals surface area contributed by atoms with Gasteiger partial charge >= 0.3 is 0 Å². The number of ether oxygens (including phenoxy) is 3. The van der Waals surface area contributed by atoms with Crippen LogP contribution in [0.2, 0.25) is 0 Å². The van der Waals surface area contributed by atoms with Crippen molar-refractivity contribution in [3.63, 3.8) is 0 Å². The first kappa shape index (κ1) is 98.9. The van der Waals surface area contributed by atoms with Gasteiger partial charge in [0.15, 0.2) is 0 Å². The Morgan fingerprint density at radius 1 is 0.421 bits per heavy atom. The van der Waals surface area contributed by atoms with Gasteiger partial charge < -0.3 is 87.5 Å². The van der Waals surface area contributed by atoms with Crippen LogP contribution in [-0.4, -0.2) is 146 Å². The van der Waals surface area contributed by atoms with Crippen LogP contribution in [0.15, 0.2) is 209 Å². The molecule has 0 saturated heterocycles. The van der Waals surface area contributed by atoms with Gasteiger partial charge in [-0.25, -0.2) is 24.9 Å². The zero-order valence-corrected chi connectivity index (χ0v) is 78.9. The van der Waals surface area contributed by atoms with Crippen molar-refractivity contribution in [2.24, 2.45) is 5.73 Å². The topological polar surface area (TPSA) is 415 Å². The fourth-order valence-corrected chi connectivity index (χ4v) is 17.6. The number of rotatable bonds is 24. The fraction of sp³-hybridized carbons (Fsp3) is 0.347. The summed E-state index contributed by atoms with van der Waals surface area (Å²) < 4.78 is 31.0. The summed E-state index contributed by atoms with van der Waals surface area (Å²) >= 11 is 0. The maximum absolute atomic E-state index is 13.6. The van der Waals surface area contributed by atoms with Crippen molar-refractivity contribution in [2.75, 3.05) is 77.9 Å². The molecule has 6 aromatic heterocycles. The van der Waals surface area contributed by atoms with Crippen LogP contribution in [0.3, 0.4) is 0 Å². The molecule has 2 aliphatic heterocycles. The monoisotopic (exact) mass is 1910 g/mol. The van der Waals surface area contributed by atoms with E-state index in [2.05, 4.69) is 81.5 Å². The number of methoxy groups -OCH3 is 3. The molecule has 4 fully saturated rings. The van der Waals surface area contributed by atoms with Crippen molar-refractivity contribution in [1.29, 1.82) is 0 Å². The summed E-state index contributed by atoms with van der Waals surface area (Å²) in [6, 6.07) is 60.5. The number of fused-ring (bicyclic) bond motifs is 4. The van der Waals surface area contributed by atoms with Gasteiger partial charge in [-0.2, -0.15) is 15.0 Å². The largest absolute Gasteiger partial charge is 0.497 e. The molecule has 6 aliphatic rings. The summed E-state index contributed by atoms with van der Waals surface area (Å²) in [6.45, 7) is 10.7. The van der Waals surface area contributed by atoms with Gasteiger partial charge in [0.25, 0.3) is 22.9 Å². The molecule has 14 N–H and O–H groups in total. The molecule has 7 aromatic carbocycles. The maximum atomic E-state index is 13.6. The standard InChI is InChI=1S/C27H31N5O2.C27H29N5O2.C23H22N4O3S.C19H23N5O.C5H11N.2H2O.Pd/c2*1-18-6-5-9-21(16-18)28-25-24-23(30-27(31-25)29-20-7-3-4-8-20)14-15-32(26(24)33)17-19-10-12-22(34-2)13-11-19;1-15-5-4-6-17(13-15)24-21-20-19(25-23(26-21)31(3)29)11-12-27(22(20)28)14-16-7-9-18(30-2)10-8-16;1-12-5-4-8-14(11-12)21-17-16-15(9-10-20-18(16)25)23-19(24-17)22-13-6-2-3-7-13;6-5-3-1-2-4-5;;;/h5-6,9-13,16,20H,3-4,7-8,14-15,17H2,1-2H3,(H2,28,29,30,31);5-6,9-16,20H,3-4,7-8,17H2,1-2H3,(H2,28,29,30,31);4-13H,14H2,1-3H3,(H,24,25,26);4-5,8,11,13H,2-3,6-7,9-10H2,1H3,(H,20,25)(H2,21,22,23,24);5H,1-4,6H2;2*1H2;. The summed E-state index contributed by atoms with van der Waals surface area (Å²) in [6.07, 6.45) is 25.9. The van der Waals surface area contributed by atoms with Crippen LogP contribution in [0, 0.1) is 27.7 Å². The number of amides is 2. The first-order chi connectivity index (χ1) is 63.2. The van der Waals surface area contributed by atoms with Crippen LogP contribution in [0.4, 0.5) is 63.9 Å². The number of hydrogen-bond donors (Lipinski definition) is 9. The normalized spacial score (nSPS) is 14.7. The van der Waals surface area contributed by atoms with Gasteiger partial charge in [0, 0.05) is 118 Å². The molecule has 13 aromatic rings. The minimum atomic E-state index is -1.39. The predicted octanol–water partition coefficient (Wildman–Crippen LogP) is 16.4. The maximum Gasteiger partial charge on any atom is 0.264 e. The minimum absolute atomic E-state index is 0. The number of aromatic nitrogens is 10. The van der Waals surface area contributed by atoms with Crippen LogP contribution in [-0.2, 0) is 63.7 Å². The molecule has 19 rings (SSSR count). The van der Waals surface area contributed by atoms with Gasteiger partial charge in [0.1, 0.15) is 62.4 Å². The molecule has 8 heterocycles. The van der Waals surface area contributed by atoms with E-state index in [9.17, 15) is 23.4 Å². The molecule has 4 saturated carbocycles. The molecule has 0 spiro atoms. The third kappa shape index (κ3) is 26.4. The Labute approximate surface area is 791 Å². The molecule has 700 valence electrons. The van der Waals surface area contributed by atoms with Gasteiger partial charge in [0.2, 0.25) is 23.0 Å². The first-order valence-corrected chi connectivity index (χ1v) is 46.6. The number of benzene rings is 7. The Hall–Kier alpha value is -13.1. The number of aryl methyl sites for hydroxylation is 4. The predicted molar refractivity (Wildman–Crippen MR) is 525 cm³/mol. The average molecular weight is 1910 g/mol. The second-order valence-corrected chi connectivity index (χ2v) is 35.4. The summed E-state index contributed by atoms with van der Waals surface area (Å²) in [5, 5.41) is 27.7. The molecule has 2 amide bonds. The fourth-order valence-electron chi connectivity index (χ4n) is 17.1. The number of carbonyl (C=O) groups excluding carboxylic acids is 2. The number of nitrogens with one attached hydrogen (secondary N) is 8. The van der Waals surface area contributed by atoms with Crippen LogP contribution < -0.4 is 73.6 Å². The van der Waals surface area contributed by atoms with Crippen molar-refractivity contribution in [1.82, 2.24) is 59.2 Å². The second kappa shape index (κ2) is 47.3. The SMILES string of the molecule is COc1ccc(CN2CCc3nc(NC4CCCC4)nc(Nc4cccc(C)c4)c3C2=O)cc1.COc1ccc(Cn2ccc3nc(NC4CCCC4)nc(Nc4cccc(C)c4)c3c2=O)cc1.COc1ccc(Cn2ccc3nc(S(C)=O)nc(Nc4cccc(C)c4)c3c2=O)cc1.Cc1cccc(Nc2nc(NC3CCCC3)nc3c2C(=O)NCC3)c1.NC1CCCC1.O.O.[Pd]. The quantitative estimate of drug-likeness (QED) is 0.0200. The van der Waals surface area contributed by atoms with Crippen molar-refractivity contribution in [3.05, 3.63) is 277 Å². The summed E-state index contributed by atoms with van der Waals surface area (Å²) in [5.74, 6) is 5.99. The van der Waals surface area contributed by atoms with Gasteiger partial charge in [0.05, 0.1) is 67.6 Å². The molecule has 1 unspecified atom stereocenters. The number of pyridine rings is 2. The van der Waals surface area contributed by atoms with E-state index in [-0.39, 0.29) is 59.5 Å². The van der Waals surface area contributed by atoms with Crippen molar-refractivity contribution in [3.8, 4) is 17.2 Å². The molecular weight excluding hydrogens is 1790 g/mol. The number of carbonyl (C=O) groups is 2. The van der Waals surface area contributed by atoms with E-state index < -0.39 is 10.8 Å². The number of anilines is 11. The van der Waals surface area contributed by atoms with Crippen molar-refractivity contribution >= 4 is 108 Å². The average Bonchev–Trinajstić information content (AvgIpc) is 1.51. The number of nitrogens with zero attached hydrogens (tertiary/aromatic N) is 11. The molecule has 30 nitrogen and oxygen atoms in total. The Kier molecular flexibility index (Phi) is 35.2. The second-order valence-electron chi connectivity index (χ2n) is 34.1. The Morgan fingerprint density at radius 2 is 0.774 bits per heavy atom. The summed E-state index contributed by atoms with van der Waals surface area (Å²) in [7, 11) is 3.52. The van der Waals surface area contributed by atoms with E-state index in [4.69, 9.17) is 39.9 Å². The third-order valence-electron chi connectivity index (χ3n) is 24.0. The molecular formula is C101H120N20O10PdS. The Morgan fingerprint density at radius 3 is 1.16 bits per heavy atom. The van der Waals surface area contributed by atoms with E-state index in [0.717, 1.165) is 135 Å². The zero-order chi connectivity index (χ0) is 90.6. The first-order valence-electron chi connectivity index (χ1n) is 45.0. The van der Waals surface area contributed by atoms with Crippen molar-refractivity contribution < 1.29 is 59.4 Å². The molecule has 32 heteroatoms. The third-order valence-corrected chi connectivity index (χ3v) is 24.7. The molecule has 4 aliphatic carbocycles. The van der Waals surface area contributed by atoms with E-state index in [1.54, 1.807) is 48.9 Å². The molecule has 0 bridgehead atoms. The summed E-state index contributed by atoms with van der Waals surface area (Å²) in [4.78, 5) is 91.9. The van der Waals surface area contributed by atoms with Crippen LogP contribution in [0.25, 0.3) is 21.8 Å². The minimum Gasteiger partial charge on any atom is -0.497 e. The number of nitrogens with two attached hydrogens (primary N) is 1. The zero-order valence-electron chi connectivity index (χ0n) is 76.5. The Bertz CT molecular complexity index is 6290.